The van der Waals surface area contributed by atoms with Crippen molar-refractivity contribution in [3.8, 4) is 5.75 Å². The van der Waals surface area contributed by atoms with Crippen LogP contribution >= 0.6 is 0 Å². The Morgan fingerprint density at radius 2 is 1.81 bits per heavy atom. The number of aromatic hydroxyl groups is 1. The minimum Gasteiger partial charge on any atom is -0.508 e. The van der Waals surface area contributed by atoms with E-state index in [1.807, 2.05) is 0 Å². The summed E-state index contributed by atoms with van der Waals surface area (Å²) in [6.07, 6.45) is -3.29. The molecule has 1 fully saturated rings. The van der Waals surface area contributed by atoms with E-state index < -0.39 is 12.1 Å². The topological polar surface area (TPSA) is 49.3 Å². The zero-order chi connectivity index (χ0) is 15.5. The highest BCUT2D eigenvalue weighted by Gasteiger charge is 2.41. The van der Waals surface area contributed by atoms with E-state index in [1.165, 1.54) is 6.07 Å². The van der Waals surface area contributed by atoms with Crippen LogP contribution in [-0.4, -0.2) is 23.2 Å². The zero-order valence-corrected chi connectivity index (χ0v) is 11.5. The van der Waals surface area contributed by atoms with E-state index in [0.29, 0.717) is 18.4 Å². The Labute approximate surface area is 121 Å². The Bertz CT molecular complexity index is 494. The maximum Gasteiger partial charge on any atom is 0.391 e. The molecule has 0 spiro atoms. The van der Waals surface area contributed by atoms with Crippen molar-refractivity contribution in [1.82, 2.24) is 5.32 Å². The van der Waals surface area contributed by atoms with Crippen molar-refractivity contribution in [2.75, 3.05) is 0 Å². The van der Waals surface area contributed by atoms with Gasteiger partial charge in [0.25, 0.3) is 0 Å². The van der Waals surface area contributed by atoms with E-state index in [-0.39, 0.29) is 37.0 Å². The fraction of sp³-hybridized carbons (Fsp3) is 0.533. The van der Waals surface area contributed by atoms with Gasteiger partial charge in [-0.15, -0.1) is 0 Å². The average Bonchev–Trinajstić information content (AvgIpc) is 2.41. The third-order valence-corrected chi connectivity index (χ3v) is 3.90. The smallest absolute Gasteiger partial charge is 0.391 e. The number of phenols is 1. The minimum absolute atomic E-state index is 0.0336. The summed E-state index contributed by atoms with van der Waals surface area (Å²) in [4.78, 5) is 11.9. The monoisotopic (exact) mass is 301 g/mol. The number of para-hydroxylation sites is 1. The van der Waals surface area contributed by atoms with Gasteiger partial charge in [0.1, 0.15) is 5.75 Å². The number of rotatable bonds is 3. The van der Waals surface area contributed by atoms with Crippen LogP contribution in [0.4, 0.5) is 13.2 Å². The molecule has 0 radical (unpaired) electrons. The molecule has 0 atom stereocenters. The van der Waals surface area contributed by atoms with Gasteiger partial charge in [-0.1, -0.05) is 18.2 Å². The third kappa shape index (κ3) is 4.37. The number of carbonyl (C=O) groups excluding carboxylic acids is 1. The SMILES string of the molecule is O=C(Cc1ccccc1O)NC1CCC(C(F)(F)F)CC1. The Morgan fingerprint density at radius 3 is 2.38 bits per heavy atom. The molecule has 0 heterocycles. The number of alkyl halides is 3. The summed E-state index contributed by atoms with van der Waals surface area (Å²) < 4.78 is 37.6. The van der Waals surface area contributed by atoms with E-state index in [0.717, 1.165) is 0 Å². The number of amides is 1. The highest BCUT2D eigenvalue weighted by Crippen LogP contribution is 2.37. The van der Waals surface area contributed by atoms with Crippen LogP contribution in [-0.2, 0) is 11.2 Å². The Morgan fingerprint density at radius 1 is 1.19 bits per heavy atom. The van der Waals surface area contributed by atoms with Crippen LogP contribution in [0.1, 0.15) is 31.2 Å². The summed E-state index contributed by atoms with van der Waals surface area (Å²) in [5.74, 6) is -1.47. The van der Waals surface area contributed by atoms with Gasteiger partial charge >= 0.3 is 6.18 Å². The Balaban J connectivity index is 1.81. The van der Waals surface area contributed by atoms with Crippen molar-refractivity contribution in [3.05, 3.63) is 29.8 Å². The third-order valence-electron chi connectivity index (χ3n) is 3.90. The normalized spacial score (nSPS) is 22.8. The predicted octanol–water partition coefficient (Wildman–Crippen LogP) is 3.17. The van der Waals surface area contributed by atoms with Crippen LogP contribution in [0.3, 0.4) is 0 Å². The van der Waals surface area contributed by atoms with Crippen LogP contribution in [0.2, 0.25) is 0 Å². The number of benzene rings is 1. The molecule has 1 aliphatic rings. The second-order valence-electron chi connectivity index (χ2n) is 5.46. The van der Waals surface area contributed by atoms with Crippen LogP contribution in [0.25, 0.3) is 0 Å². The molecule has 0 bridgehead atoms. The molecule has 1 aliphatic carbocycles. The van der Waals surface area contributed by atoms with Crippen molar-refractivity contribution in [2.24, 2.45) is 5.92 Å². The molecule has 0 aliphatic heterocycles. The van der Waals surface area contributed by atoms with Gasteiger partial charge in [0.15, 0.2) is 0 Å². The van der Waals surface area contributed by atoms with Crippen LogP contribution in [0.5, 0.6) is 5.75 Å². The summed E-state index contributed by atoms with van der Waals surface area (Å²) in [5, 5.41) is 12.3. The Kier molecular flexibility index (Phi) is 4.75. The number of hydrogen-bond donors (Lipinski definition) is 2. The molecule has 0 saturated heterocycles. The highest BCUT2D eigenvalue weighted by atomic mass is 19.4. The molecule has 2 rings (SSSR count). The first-order chi connectivity index (χ1) is 9.86. The second kappa shape index (κ2) is 6.37. The molecule has 2 N–H and O–H groups in total. The van der Waals surface area contributed by atoms with E-state index in [4.69, 9.17) is 0 Å². The molecule has 1 aromatic carbocycles. The quantitative estimate of drug-likeness (QED) is 0.901. The van der Waals surface area contributed by atoms with Gasteiger partial charge in [-0.25, -0.2) is 0 Å². The maximum atomic E-state index is 12.5. The van der Waals surface area contributed by atoms with Gasteiger partial charge in [-0.2, -0.15) is 13.2 Å². The fourth-order valence-corrected chi connectivity index (χ4v) is 2.68. The molecule has 1 aromatic rings. The summed E-state index contributed by atoms with van der Waals surface area (Å²) in [6.45, 7) is 0. The largest absolute Gasteiger partial charge is 0.508 e. The van der Waals surface area contributed by atoms with Crippen molar-refractivity contribution < 1.29 is 23.1 Å². The van der Waals surface area contributed by atoms with Crippen molar-refractivity contribution >= 4 is 5.91 Å². The molecular formula is C15H18F3NO2. The summed E-state index contributed by atoms with van der Waals surface area (Å²) in [7, 11) is 0. The number of halogens is 3. The molecule has 1 saturated carbocycles. The minimum atomic E-state index is -4.13. The van der Waals surface area contributed by atoms with Gasteiger partial charge in [0.2, 0.25) is 5.91 Å². The lowest BCUT2D eigenvalue weighted by atomic mass is 9.85. The fourth-order valence-electron chi connectivity index (χ4n) is 2.68. The lowest BCUT2D eigenvalue weighted by Gasteiger charge is -2.30. The summed E-state index contributed by atoms with van der Waals surface area (Å²) in [6, 6.07) is 6.32. The molecule has 6 heteroatoms. The van der Waals surface area contributed by atoms with Crippen molar-refractivity contribution in [1.29, 1.82) is 0 Å². The lowest BCUT2D eigenvalue weighted by molar-refractivity contribution is -0.182. The summed E-state index contributed by atoms with van der Waals surface area (Å²) in [5.41, 5.74) is 0.513. The maximum absolute atomic E-state index is 12.5. The molecule has 0 aromatic heterocycles. The van der Waals surface area contributed by atoms with Crippen LogP contribution in [0.15, 0.2) is 24.3 Å². The molecule has 1 amide bonds. The van der Waals surface area contributed by atoms with Gasteiger partial charge in [0, 0.05) is 11.6 Å². The van der Waals surface area contributed by atoms with Crippen LogP contribution in [0, 0.1) is 5.92 Å². The van der Waals surface area contributed by atoms with E-state index in [9.17, 15) is 23.1 Å². The standard InChI is InChI=1S/C15H18F3NO2/c16-15(17,18)11-5-7-12(8-6-11)19-14(21)9-10-3-1-2-4-13(10)20/h1-4,11-12,20H,5-9H2,(H,19,21). The molecule has 0 unspecified atom stereocenters. The van der Waals surface area contributed by atoms with Gasteiger partial charge in [-0.05, 0) is 31.7 Å². The molecule has 21 heavy (non-hydrogen) atoms. The zero-order valence-electron chi connectivity index (χ0n) is 11.5. The van der Waals surface area contributed by atoms with Gasteiger partial charge in [0.05, 0.1) is 12.3 Å². The van der Waals surface area contributed by atoms with Gasteiger partial charge in [-0.3, -0.25) is 4.79 Å². The van der Waals surface area contributed by atoms with E-state index >= 15 is 0 Å². The average molecular weight is 301 g/mol. The first kappa shape index (κ1) is 15.7. The highest BCUT2D eigenvalue weighted by molar-refractivity contribution is 5.79. The van der Waals surface area contributed by atoms with Gasteiger partial charge < -0.3 is 10.4 Å². The second-order valence-corrected chi connectivity index (χ2v) is 5.46. The number of hydrogen-bond acceptors (Lipinski definition) is 2. The molecule has 3 nitrogen and oxygen atoms in total. The predicted molar refractivity (Wildman–Crippen MR) is 71.8 cm³/mol. The first-order valence-electron chi connectivity index (χ1n) is 6.99. The van der Waals surface area contributed by atoms with Crippen LogP contribution < -0.4 is 5.32 Å². The number of phenolic OH excluding ortho intramolecular Hbond substituents is 1. The molecule has 116 valence electrons. The Hall–Kier alpha value is -1.72. The van der Waals surface area contributed by atoms with E-state index in [1.54, 1.807) is 18.2 Å². The number of carbonyl (C=O) groups is 1. The number of nitrogens with one attached hydrogen (secondary N) is 1. The van der Waals surface area contributed by atoms with Crippen molar-refractivity contribution in [3.63, 3.8) is 0 Å². The van der Waals surface area contributed by atoms with E-state index in [2.05, 4.69) is 5.32 Å². The summed E-state index contributed by atoms with van der Waals surface area (Å²) >= 11 is 0. The lowest BCUT2D eigenvalue weighted by Crippen LogP contribution is -2.40. The molecular weight excluding hydrogens is 283 g/mol. The van der Waals surface area contributed by atoms with Crippen molar-refractivity contribution in [2.45, 2.75) is 44.3 Å². The first-order valence-corrected chi connectivity index (χ1v) is 6.99.